The van der Waals surface area contributed by atoms with E-state index < -0.39 is 12.0 Å². The highest BCUT2D eigenvalue weighted by Crippen LogP contribution is 2.39. The quantitative estimate of drug-likeness (QED) is 0.608. The molecule has 1 aromatic rings. The number of nitrogens with zero attached hydrogens (tertiary/aromatic N) is 2. The van der Waals surface area contributed by atoms with Gasteiger partial charge in [0.1, 0.15) is 17.1 Å². The minimum atomic E-state index is -1.09. The molecule has 0 spiro atoms. The molecule has 2 aliphatic heterocycles. The smallest absolute Gasteiger partial charge is 0.352 e. The van der Waals surface area contributed by atoms with Gasteiger partial charge in [-0.05, 0) is 11.6 Å². The molecule has 3 rings (SSSR count). The van der Waals surface area contributed by atoms with Crippen molar-refractivity contribution in [2.24, 2.45) is 5.73 Å². The van der Waals surface area contributed by atoms with Gasteiger partial charge in [0.05, 0.1) is 0 Å². The Morgan fingerprint density at radius 3 is 2.86 bits per heavy atom. The van der Waals surface area contributed by atoms with Gasteiger partial charge in [-0.15, -0.1) is 11.8 Å². The van der Waals surface area contributed by atoms with Crippen LogP contribution in [0.5, 0.6) is 0 Å². The molecule has 0 saturated carbocycles. The summed E-state index contributed by atoms with van der Waals surface area (Å²) in [5.41, 5.74) is 6.42. The van der Waals surface area contributed by atoms with E-state index in [-0.39, 0.29) is 17.0 Å². The Hall–Kier alpha value is -2.12. The minimum absolute atomic E-state index is 0.0600. The number of rotatable bonds is 4. The van der Waals surface area contributed by atoms with Crippen molar-refractivity contribution in [2.45, 2.75) is 18.0 Å². The molecule has 3 heterocycles. The number of hydrogen-bond acceptors (Lipinski definition) is 4. The molecule has 2 atom stereocenters. The van der Waals surface area contributed by atoms with Crippen molar-refractivity contribution < 1.29 is 19.3 Å². The molecule has 1 aromatic heterocycles. The molecule has 1 fully saturated rings. The molecule has 1 saturated heterocycles. The van der Waals surface area contributed by atoms with E-state index in [1.54, 1.807) is 6.08 Å². The van der Waals surface area contributed by atoms with E-state index in [1.165, 1.54) is 16.7 Å². The predicted molar refractivity (Wildman–Crippen MR) is 81.5 cm³/mol. The van der Waals surface area contributed by atoms with Gasteiger partial charge in [0, 0.05) is 17.9 Å². The maximum atomic E-state index is 11.8. The molecule has 114 valence electrons. The van der Waals surface area contributed by atoms with Crippen LogP contribution in [0.4, 0.5) is 0 Å². The van der Waals surface area contributed by atoms with E-state index in [9.17, 15) is 14.7 Å². The first kappa shape index (κ1) is 14.8. The molecule has 3 N–H and O–H groups in total. The summed E-state index contributed by atoms with van der Waals surface area (Å²) in [6, 6.07) is 5.19. The third kappa shape index (κ3) is 2.53. The van der Waals surface area contributed by atoms with E-state index in [4.69, 9.17) is 5.73 Å². The summed E-state index contributed by atoms with van der Waals surface area (Å²) in [5.74, 6) is -0.866. The lowest BCUT2D eigenvalue weighted by Crippen LogP contribution is -2.68. The van der Waals surface area contributed by atoms with E-state index in [0.717, 1.165) is 0 Å². The summed E-state index contributed by atoms with van der Waals surface area (Å²) in [6.45, 7) is 0.638. The Morgan fingerprint density at radius 1 is 1.45 bits per heavy atom. The molecule has 0 aromatic carbocycles. The lowest BCUT2D eigenvalue weighted by Gasteiger charge is -2.47. The van der Waals surface area contributed by atoms with Gasteiger partial charge in [0.2, 0.25) is 5.91 Å². The Morgan fingerprint density at radius 2 is 2.18 bits per heavy atom. The van der Waals surface area contributed by atoms with Crippen molar-refractivity contribution in [3.05, 3.63) is 54.0 Å². The third-order valence-electron chi connectivity index (χ3n) is 3.65. The van der Waals surface area contributed by atoms with Crippen LogP contribution in [0.25, 0.3) is 0 Å². The van der Waals surface area contributed by atoms with Gasteiger partial charge in [-0.1, -0.05) is 12.1 Å². The van der Waals surface area contributed by atoms with E-state index >= 15 is 0 Å². The molecule has 0 radical (unpaired) electrons. The zero-order valence-corrected chi connectivity index (χ0v) is 12.6. The fourth-order valence-electron chi connectivity index (χ4n) is 2.54. The van der Waals surface area contributed by atoms with Gasteiger partial charge < -0.3 is 10.8 Å². The predicted octanol–water partition coefficient (Wildman–Crippen LogP) is 0.111. The number of hydrogen-bond donors (Lipinski definition) is 2. The first-order valence-electron chi connectivity index (χ1n) is 6.87. The van der Waals surface area contributed by atoms with Crippen LogP contribution in [-0.2, 0) is 16.1 Å². The number of nitrogens with two attached hydrogens (primary N) is 1. The summed E-state index contributed by atoms with van der Waals surface area (Å²) < 4.78 is 1.97. The monoisotopic (exact) mass is 318 g/mol. The van der Waals surface area contributed by atoms with Crippen LogP contribution in [0.15, 0.2) is 54.0 Å². The molecule has 7 heteroatoms. The number of carboxylic acids is 1. The number of aliphatic carboxylic acids is 1. The summed E-state index contributed by atoms with van der Waals surface area (Å²) in [7, 11) is 0. The second-order valence-corrected chi connectivity index (χ2v) is 6.19. The average Bonchev–Trinajstić information content (AvgIpc) is 2.54. The largest absolute Gasteiger partial charge is 0.477 e. The van der Waals surface area contributed by atoms with Crippen molar-refractivity contribution in [3.8, 4) is 0 Å². The number of amides is 1. The highest BCUT2D eigenvalue weighted by atomic mass is 32.2. The van der Waals surface area contributed by atoms with Crippen LogP contribution >= 0.6 is 11.8 Å². The number of thioether (sulfide) groups is 1. The van der Waals surface area contributed by atoms with Crippen molar-refractivity contribution in [1.82, 2.24) is 4.90 Å². The summed E-state index contributed by atoms with van der Waals surface area (Å²) in [6.07, 6.45) is 7.54. The van der Waals surface area contributed by atoms with Crippen LogP contribution in [0, 0.1) is 0 Å². The number of allylic oxidation sites excluding steroid dienone is 2. The van der Waals surface area contributed by atoms with Gasteiger partial charge >= 0.3 is 5.97 Å². The van der Waals surface area contributed by atoms with Crippen LogP contribution in [0.1, 0.15) is 0 Å². The van der Waals surface area contributed by atoms with Crippen LogP contribution in [0.3, 0.4) is 0 Å². The lowest BCUT2D eigenvalue weighted by molar-refractivity contribution is -0.687. The molecule has 0 aliphatic carbocycles. The number of β-lactam (4-membered cyclic amide) rings is 1. The average molecular weight is 318 g/mol. The molecule has 0 bridgehead atoms. The maximum absolute atomic E-state index is 11.8. The molecule has 6 nitrogen and oxygen atoms in total. The van der Waals surface area contributed by atoms with Gasteiger partial charge in [-0.25, -0.2) is 9.36 Å². The summed E-state index contributed by atoms with van der Waals surface area (Å²) in [5, 5.41) is 9.16. The number of pyridine rings is 1. The number of carboxylic acid groups (broad SMARTS) is 1. The van der Waals surface area contributed by atoms with Gasteiger partial charge in [-0.2, -0.15) is 0 Å². The highest BCUT2D eigenvalue weighted by molar-refractivity contribution is 8.00. The Balaban J connectivity index is 1.81. The Kier molecular flexibility index (Phi) is 4.00. The second-order valence-electron chi connectivity index (χ2n) is 5.09. The standard InChI is InChI=1S/C15H15N3O3S/c16-11-13(19)18-12(15(20)21)10(9-22-14(11)18)5-4-8-17-6-2-1-3-7-17/h1-7,11,14H,8-9,16H2/p+1/t11?,14-/m0/s1. The number of aromatic nitrogens is 1. The van der Waals surface area contributed by atoms with Crippen molar-refractivity contribution >= 4 is 23.6 Å². The van der Waals surface area contributed by atoms with Crippen LogP contribution < -0.4 is 10.3 Å². The fraction of sp³-hybridized carbons (Fsp3) is 0.267. The molecule has 22 heavy (non-hydrogen) atoms. The minimum Gasteiger partial charge on any atom is -0.477 e. The van der Waals surface area contributed by atoms with E-state index in [2.05, 4.69) is 0 Å². The van der Waals surface area contributed by atoms with E-state index in [0.29, 0.717) is 17.9 Å². The topological polar surface area (TPSA) is 87.5 Å². The van der Waals surface area contributed by atoms with Crippen LogP contribution in [-0.4, -0.2) is 39.1 Å². The van der Waals surface area contributed by atoms with E-state index in [1.807, 2.05) is 41.2 Å². The SMILES string of the molecule is NC1C(=O)N2C(C(=O)O)=C(C=CC[n+]3ccccc3)CS[C@@H]12. The first-order valence-corrected chi connectivity index (χ1v) is 7.92. The third-order valence-corrected chi connectivity index (χ3v) is 4.98. The highest BCUT2D eigenvalue weighted by Gasteiger charge is 2.51. The molecular formula is C15H16N3O3S+. The fourth-order valence-corrected chi connectivity index (χ4v) is 3.81. The zero-order valence-electron chi connectivity index (χ0n) is 11.8. The number of carbonyl (C=O) groups is 2. The normalized spacial score (nSPS) is 24.4. The summed E-state index contributed by atoms with van der Waals surface area (Å²) in [4.78, 5) is 24.6. The number of fused-ring (bicyclic) bond motifs is 1. The van der Waals surface area contributed by atoms with Gasteiger partial charge in [-0.3, -0.25) is 9.69 Å². The van der Waals surface area contributed by atoms with Gasteiger partial charge in [0.25, 0.3) is 0 Å². The van der Waals surface area contributed by atoms with Gasteiger partial charge in [0.15, 0.2) is 18.9 Å². The molecule has 1 unspecified atom stereocenters. The molecule has 1 amide bonds. The lowest BCUT2D eigenvalue weighted by atomic mass is 10.0. The molecule has 2 aliphatic rings. The summed E-state index contributed by atoms with van der Waals surface area (Å²) >= 11 is 1.50. The Bertz CT molecular complexity index is 672. The maximum Gasteiger partial charge on any atom is 0.352 e. The van der Waals surface area contributed by atoms with Crippen molar-refractivity contribution in [2.75, 3.05) is 5.75 Å². The Labute approximate surface area is 131 Å². The zero-order chi connectivity index (χ0) is 15.7. The number of carbonyl (C=O) groups excluding carboxylic acids is 1. The second kappa shape index (κ2) is 5.94. The van der Waals surface area contributed by atoms with Crippen molar-refractivity contribution in [3.63, 3.8) is 0 Å². The van der Waals surface area contributed by atoms with Crippen molar-refractivity contribution in [1.29, 1.82) is 0 Å². The molecular weight excluding hydrogens is 302 g/mol. The first-order chi connectivity index (χ1) is 10.6. The van der Waals surface area contributed by atoms with Crippen LogP contribution in [0.2, 0.25) is 0 Å².